The highest BCUT2D eigenvalue weighted by Gasteiger charge is 2.42. The zero-order valence-electron chi connectivity index (χ0n) is 17.0. The Bertz CT molecular complexity index is 609. The van der Waals surface area contributed by atoms with Gasteiger partial charge in [-0.2, -0.15) is 0 Å². The molecule has 2 aliphatic carbocycles. The molecule has 0 aromatic heterocycles. The van der Waals surface area contributed by atoms with Crippen LogP contribution in [-0.4, -0.2) is 21.4 Å². The lowest BCUT2D eigenvalue weighted by atomic mass is 9.72. The van der Waals surface area contributed by atoms with Gasteiger partial charge in [-0.15, -0.1) is 0 Å². The van der Waals surface area contributed by atoms with Crippen molar-refractivity contribution in [3.05, 3.63) is 45.3 Å². The standard InChI is InChI=1S/C22H34O2S/c1-15-9-17(13-21(23,11-15)19(3,4)5)25-18-10-16(2)12-22(24,14-18)20(6,7)8/h9-12,23-24H,13-14H2,1-8H3. The molecule has 2 rings (SSSR count). The van der Waals surface area contributed by atoms with Crippen LogP contribution in [-0.2, 0) is 0 Å². The Morgan fingerprint density at radius 1 is 0.760 bits per heavy atom. The van der Waals surface area contributed by atoms with E-state index >= 15 is 0 Å². The average molecular weight is 363 g/mol. The molecule has 25 heavy (non-hydrogen) atoms. The first-order valence-corrected chi connectivity index (χ1v) is 9.90. The Kier molecular flexibility index (Phi) is 5.29. The monoisotopic (exact) mass is 362 g/mol. The molecule has 140 valence electrons. The fraction of sp³-hybridized carbons (Fsp3) is 0.636. The highest BCUT2D eigenvalue weighted by atomic mass is 32.2. The van der Waals surface area contributed by atoms with Crippen molar-refractivity contribution >= 4 is 11.8 Å². The van der Waals surface area contributed by atoms with Crippen molar-refractivity contribution < 1.29 is 10.2 Å². The van der Waals surface area contributed by atoms with Crippen molar-refractivity contribution in [3.63, 3.8) is 0 Å². The molecule has 2 unspecified atom stereocenters. The molecule has 0 aliphatic heterocycles. The molecule has 0 saturated carbocycles. The fourth-order valence-corrected chi connectivity index (χ4v) is 4.75. The molecule has 0 saturated heterocycles. The molecule has 2 N–H and O–H groups in total. The van der Waals surface area contributed by atoms with Crippen LogP contribution < -0.4 is 0 Å². The van der Waals surface area contributed by atoms with Crippen molar-refractivity contribution in [1.29, 1.82) is 0 Å². The summed E-state index contributed by atoms with van der Waals surface area (Å²) in [5.74, 6) is 0. The second-order valence-electron chi connectivity index (χ2n) is 9.80. The van der Waals surface area contributed by atoms with Gasteiger partial charge in [-0.05, 0) is 58.8 Å². The lowest BCUT2D eigenvalue weighted by Crippen LogP contribution is -2.43. The Morgan fingerprint density at radius 2 is 1.08 bits per heavy atom. The van der Waals surface area contributed by atoms with Gasteiger partial charge in [-0.25, -0.2) is 0 Å². The lowest BCUT2D eigenvalue weighted by molar-refractivity contribution is -0.0138. The summed E-state index contributed by atoms with van der Waals surface area (Å²) in [6, 6.07) is 0. The zero-order chi connectivity index (χ0) is 19.3. The third-order valence-corrected chi connectivity index (χ3v) is 6.51. The van der Waals surface area contributed by atoms with E-state index in [-0.39, 0.29) is 10.8 Å². The number of aliphatic hydroxyl groups is 2. The quantitative estimate of drug-likeness (QED) is 0.658. The van der Waals surface area contributed by atoms with E-state index < -0.39 is 11.2 Å². The van der Waals surface area contributed by atoms with E-state index in [1.165, 1.54) is 0 Å². The molecular weight excluding hydrogens is 328 g/mol. The molecule has 2 nitrogen and oxygen atoms in total. The van der Waals surface area contributed by atoms with Gasteiger partial charge in [0.2, 0.25) is 0 Å². The molecule has 0 amide bonds. The Balaban J connectivity index is 2.26. The minimum atomic E-state index is -0.839. The van der Waals surface area contributed by atoms with Gasteiger partial charge in [0.05, 0.1) is 11.2 Å². The number of thioether (sulfide) groups is 1. The third kappa shape index (κ3) is 4.32. The van der Waals surface area contributed by atoms with Crippen molar-refractivity contribution in [2.75, 3.05) is 0 Å². The fourth-order valence-electron chi connectivity index (χ4n) is 3.34. The molecule has 0 spiro atoms. The maximum Gasteiger partial charge on any atom is 0.0926 e. The van der Waals surface area contributed by atoms with Crippen molar-refractivity contribution in [1.82, 2.24) is 0 Å². The summed E-state index contributed by atoms with van der Waals surface area (Å²) in [5.41, 5.74) is 0.0689. The van der Waals surface area contributed by atoms with Gasteiger partial charge in [0.25, 0.3) is 0 Å². The van der Waals surface area contributed by atoms with Crippen molar-refractivity contribution in [3.8, 4) is 0 Å². The second-order valence-corrected chi connectivity index (χ2v) is 11.1. The molecule has 0 heterocycles. The van der Waals surface area contributed by atoms with E-state index in [1.54, 1.807) is 11.8 Å². The molecule has 2 aliphatic rings. The van der Waals surface area contributed by atoms with E-state index in [0.29, 0.717) is 12.8 Å². The molecular formula is C22H34O2S. The normalized spacial score (nSPS) is 31.1. The van der Waals surface area contributed by atoms with Crippen LogP contribution >= 0.6 is 11.8 Å². The first-order chi connectivity index (χ1) is 11.2. The van der Waals surface area contributed by atoms with E-state index in [1.807, 2.05) is 26.0 Å². The lowest BCUT2D eigenvalue weighted by Gasteiger charge is -2.42. The van der Waals surface area contributed by atoms with Gasteiger partial charge in [-0.3, -0.25) is 0 Å². The molecule has 2 atom stereocenters. The SMILES string of the molecule is CC1=CC(O)(C(C)(C)C)CC(SC2=CC(C)=CC(O)(C(C)(C)C)C2)=C1. The van der Waals surface area contributed by atoms with Crippen molar-refractivity contribution in [2.45, 2.75) is 79.4 Å². The number of hydrogen-bond donors (Lipinski definition) is 2. The van der Waals surface area contributed by atoms with Crippen LogP contribution in [0.5, 0.6) is 0 Å². The third-order valence-electron chi connectivity index (χ3n) is 5.46. The van der Waals surface area contributed by atoms with Crippen LogP contribution in [0.2, 0.25) is 0 Å². The summed E-state index contributed by atoms with van der Waals surface area (Å²) in [7, 11) is 0. The molecule has 0 radical (unpaired) electrons. The van der Waals surface area contributed by atoms with Crippen LogP contribution in [0.3, 0.4) is 0 Å². The zero-order valence-corrected chi connectivity index (χ0v) is 17.8. The maximum atomic E-state index is 11.2. The van der Waals surface area contributed by atoms with Crippen molar-refractivity contribution in [2.24, 2.45) is 10.8 Å². The van der Waals surface area contributed by atoms with E-state index in [2.05, 4.69) is 53.7 Å². The van der Waals surface area contributed by atoms with Crippen LogP contribution in [0.4, 0.5) is 0 Å². The summed E-state index contributed by atoms with van der Waals surface area (Å²) in [5, 5.41) is 22.3. The molecule has 3 heteroatoms. The van der Waals surface area contributed by atoms with Crippen LogP contribution in [0.25, 0.3) is 0 Å². The maximum absolute atomic E-state index is 11.2. The number of hydrogen-bond acceptors (Lipinski definition) is 3. The second kappa shape index (κ2) is 6.44. The predicted octanol–water partition coefficient (Wildman–Crippen LogP) is 5.74. The summed E-state index contributed by atoms with van der Waals surface area (Å²) in [6.07, 6.45) is 9.54. The highest BCUT2D eigenvalue weighted by molar-refractivity contribution is 8.06. The van der Waals surface area contributed by atoms with Gasteiger partial charge < -0.3 is 10.2 Å². The smallest absolute Gasteiger partial charge is 0.0926 e. The van der Waals surface area contributed by atoms with E-state index in [9.17, 15) is 10.2 Å². The highest BCUT2D eigenvalue weighted by Crippen LogP contribution is 2.48. The van der Waals surface area contributed by atoms with Crippen LogP contribution in [0, 0.1) is 10.8 Å². The predicted molar refractivity (Wildman–Crippen MR) is 109 cm³/mol. The summed E-state index contributed by atoms with van der Waals surface area (Å²) in [4.78, 5) is 2.32. The first kappa shape index (κ1) is 20.5. The van der Waals surface area contributed by atoms with Gasteiger partial charge in [0, 0.05) is 12.8 Å². The Hall–Kier alpha value is -0.770. The van der Waals surface area contributed by atoms with Crippen LogP contribution in [0.1, 0.15) is 68.2 Å². The minimum absolute atomic E-state index is 0.225. The largest absolute Gasteiger partial charge is 0.385 e. The molecule has 0 fully saturated rings. The average Bonchev–Trinajstić information content (AvgIpc) is 2.33. The number of allylic oxidation sites excluding steroid dienone is 4. The summed E-state index contributed by atoms with van der Waals surface area (Å²) < 4.78 is 0. The van der Waals surface area contributed by atoms with Gasteiger partial charge in [-0.1, -0.05) is 64.5 Å². The molecule has 0 bridgehead atoms. The Morgan fingerprint density at radius 3 is 1.36 bits per heavy atom. The Labute approximate surface area is 157 Å². The van der Waals surface area contributed by atoms with Gasteiger partial charge in [0.15, 0.2) is 0 Å². The summed E-state index contributed by atoms with van der Waals surface area (Å²) in [6.45, 7) is 16.6. The molecule has 0 aromatic rings. The topological polar surface area (TPSA) is 40.5 Å². The van der Waals surface area contributed by atoms with Gasteiger partial charge >= 0.3 is 0 Å². The minimum Gasteiger partial charge on any atom is -0.385 e. The summed E-state index contributed by atoms with van der Waals surface area (Å²) >= 11 is 1.71. The van der Waals surface area contributed by atoms with Gasteiger partial charge in [0.1, 0.15) is 0 Å². The number of rotatable bonds is 2. The first-order valence-electron chi connectivity index (χ1n) is 9.08. The van der Waals surface area contributed by atoms with Crippen LogP contribution in [0.15, 0.2) is 45.3 Å². The molecule has 0 aromatic carbocycles. The van der Waals surface area contributed by atoms with E-state index in [0.717, 1.165) is 21.0 Å². The van der Waals surface area contributed by atoms with E-state index in [4.69, 9.17) is 0 Å².